The van der Waals surface area contributed by atoms with Crippen LogP contribution in [0.1, 0.15) is 41.3 Å². The molecule has 0 spiro atoms. The lowest BCUT2D eigenvalue weighted by molar-refractivity contribution is -0.133. The van der Waals surface area contributed by atoms with Crippen LogP contribution in [0.2, 0.25) is 5.02 Å². The smallest absolute Gasteiger partial charge is 0.254 e. The van der Waals surface area contributed by atoms with Crippen molar-refractivity contribution in [1.82, 2.24) is 29.5 Å². The highest BCUT2D eigenvalue weighted by atomic mass is 35.5. The Hall–Kier alpha value is -3.95. The van der Waals surface area contributed by atoms with Crippen LogP contribution in [0.5, 0.6) is 0 Å². The standard InChI is InChI=1S/C33H33ClN6O2S/c1-22-7-5-8-24(19-22)21-40-28-10-4-3-9-27(28)30-31(40)35-33(37-36-30)43-18-6-11-29(41)38-16-17-39(23(2)20-38)32(42)25-12-14-26(34)15-13-25/h3-5,7-10,12-15,19,23H,6,11,16-18,20-21H2,1-2H3/t23-/m1/s1. The number of nitrogens with zero attached hydrogens (tertiary/aromatic N) is 6. The SMILES string of the molecule is Cc1cccc(Cn2c3ccccc3c3nnc(SCCCC(=O)N4CCN(C(=O)c5ccc(Cl)cc5)[C@H](C)C4)nc32)c1. The Balaban J connectivity index is 1.06. The van der Waals surface area contributed by atoms with Crippen LogP contribution < -0.4 is 0 Å². The molecule has 0 bridgehead atoms. The number of hydrogen-bond acceptors (Lipinski definition) is 6. The molecule has 6 rings (SSSR count). The summed E-state index contributed by atoms with van der Waals surface area (Å²) in [5, 5.41) is 11.2. The summed E-state index contributed by atoms with van der Waals surface area (Å²) in [6.45, 7) is 6.36. The Morgan fingerprint density at radius 1 is 1.00 bits per heavy atom. The highest BCUT2D eigenvalue weighted by Gasteiger charge is 2.30. The van der Waals surface area contributed by atoms with Crippen LogP contribution >= 0.6 is 23.4 Å². The lowest BCUT2D eigenvalue weighted by atomic mass is 10.1. The van der Waals surface area contributed by atoms with E-state index in [1.165, 1.54) is 22.9 Å². The zero-order valence-corrected chi connectivity index (χ0v) is 25.8. The summed E-state index contributed by atoms with van der Waals surface area (Å²) in [4.78, 5) is 34.6. The molecule has 1 saturated heterocycles. The van der Waals surface area contributed by atoms with E-state index in [0.717, 1.165) is 22.1 Å². The highest BCUT2D eigenvalue weighted by Crippen LogP contribution is 2.28. The van der Waals surface area contributed by atoms with Crippen LogP contribution in [0.4, 0.5) is 0 Å². The van der Waals surface area contributed by atoms with Crippen LogP contribution in [0.3, 0.4) is 0 Å². The third-order valence-corrected chi connectivity index (χ3v) is 9.05. The van der Waals surface area contributed by atoms with Crippen molar-refractivity contribution in [3.05, 3.63) is 94.5 Å². The van der Waals surface area contributed by atoms with E-state index in [2.05, 4.69) is 58.1 Å². The number of amides is 2. The summed E-state index contributed by atoms with van der Waals surface area (Å²) in [6.07, 6.45) is 1.14. The van der Waals surface area contributed by atoms with Gasteiger partial charge in [-0.3, -0.25) is 9.59 Å². The molecule has 0 N–H and O–H groups in total. The largest absolute Gasteiger partial charge is 0.339 e. The fraction of sp³-hybridized carbons (Fsp3) is 0.303. The van der Waals surface area contributed by atoms with Crippen molar-refractivity contribution in [2.24, 2.45) is 0 Å². The summed E-state index contributed by atoms with van der Waals surface area (Å²) in [6, 6.07) is 23.6. The first-order chi connectivity index (χ1) is 20.9. The number of rotatable bonds is 8. The van der Waals surface area contributed by atoms with Crippen molar-refractivity contribution in [1.29, 1.82) is 0 Å². The van der Waals surface area contributed by atoms with Gasteiger partial charge in [-0.05, 0) is 56.2 Å². The molecule has 1 fully saturated rings. The van der Waals surface area contributed by atoms with E-state index >= 15 is 0 Å². The van der Waals surface area contributed by atoms with Crippen LogP contribution in [-0.4, -0.2) is 72.8 Å². The van der Waals surface area contributed by atoms with Gasteiger partial charge in [-0.2, -0.15) is 0 Å². The van der Waals surface area contributed by atoms with Crippen LogP contribution in [0.15, 0.2) is 78.0 Å². The van der Waals surface area contributed by atoms with Gasteiger partial charge in [0.2, 0.25) is 11.1 Å². The van der Waals surface area contributed by atoms with E-state index in [0.29, 0.717) is 60.5 Å². The van der Waals surface area contributed by atoms with Gasteiger partial charge in [0.15, 0.2) is 5.65 Å². The van der Waals surface area contributed by atoms with E-state index in [4.69, 9.17) is 16.6 Å². The molecule has 0 aliphatic carbocycles. The second-order valence-corrected chi connectivity index (χ2v) is 12.5. The van der Waals surface area contributed by atoms with Crippen LogP contribution in [0, 0.1) is 6.92 Å². The molecule has 0 radical (unpaired) electrons. The summed E-state index contributed by atoms with van der Waals surface area (Å²) in [7, 11) is 0. The third-order valence-electron chi connectivity index (χ3n) is 7.88. The number of thioether (sulfide) groups is 1. The quantitative estimate of drug-likeness (QED) is 0.152. The Kier molecular flexibility index (Phi) is 8.63. The van der Waals surface area contributed by atoms with Gasteiger partial charge in [-0.25, -0.2) is 4.98 Å². The van der Waals surface area contributed by atoms with Crippen molar-refractivity contribution in [2.75, 3.05) is 25.4 Å². The molecule has 1 atom stereocenters. The molecule has 0 saturated carbocycles. The Morgan fingerprint density at radius 2 is 1.81 bits per heavy atom. The Bertz CT molecular complexity index is 1790. The van der Waals surface area contributed by atoms with Crippen molar-refractivity contribution in [2.45, 2.75) is 44.4 Å². The zero-order valence-electron chi connectivity index (χ0n) is 24.2. The number of para-hydroxylation sites is 1. The number of aryl methyl sites for hydroxylation is 1. The highest BCUT2D eigenvalue weighted by molar-refractivity contribution is 7.99. The first-order valence-corrected chi connectivity index (χ1v) is 15.9. The van der Waals surface area contributed by atoms with Gasteiger partial charge >= 0.3 is 0 Å². The van der Waals surface area contributed by atoms with E-state index in [1.54, 1.807) is 24.3 Å². The molecule has 1 aliphatic heterocycles. The van der Waals surface area contributed by atoms with E-state index in [9.17, 15) is 9.59 Å². The van der Waals surface area contributed by atoms with Crippen molar-refractivity contribution in [3.8, 4) is 0 Å². The van der Waals surface area contributed by atoms with Gasteiger partial charge in [0.05, 0.1) is 5.52 Å². The zero-order chi connectivity index (χ0) is 29.9. The molecule has 5 aromatic rings. The first-order valence-electron chi connectivity index (χ1n) is 14.5. The number of hydrogen-bond donors (Lipinski definition) is 0. The summed E-state index contributed by atoms with van der Waals surface area (Å²) >= 11 is 7.49. The van der Waals surface area contributed by atoms with Crippen LogP contribution in [0.25, 0.3) is 22.1 Å². The van der Waals surface area contributed by atoms with Gasteiger partial charge in [-0.15, -0.1) is 10.2 Å². The number of aromatic nitrogens is 4. The molecular weight excluding hydrogens is 580 g/mol. The first kappa shape index (κ1) is 29.1. The molecule has 3 aromatic carbocycles. The molecule has 8 nitrogen and oxygen atoms in total. The van der Waals surface area contributed by atoms with E-state index in [-0.39, 0.29) is 17.9 Å². The van der Waals surface area contributed by atoms with Gasteiger partial charge in [0.25, 0.3) is 5.91 Å². The predicted octanol–water partition coefficient (Wildman–Crippen LogP) is 6.24. The van der Waals surface area contributed by atoms with Crippen molar-refractivity contribution < 1.29 is 9.59 Å². The molecule has 220 valence electrons. The fourth-order valence-corrected chi connectivity index (χ4v) is 6.54. The normalized spacial score (nSPS) is 15.4. The van der Waals surface area contributed by atoms with Gasteiger partial charge in [-0.1, -0.05) is 71.4 Å². The van der Waals surface area contributed by atoms with Gasteiger partial charge in [0.1, 0.15) is 5.52 Å². The van der Waals surface area contributed by atoms with E-state index in [1.807, 2.05) is 28.9 Å². The van der Waals surface area contributed by atoms with E-state index < -0.39 is 0 Å². The van der Waals surface area contributed by atoms with Crippen molar-refractivity contribution in [3.63, 3.8) is 0 Å². The summed E-state index contributed by atoms with van der Waals surface area (Å²) in [5.74, 6) is 0.789. The Morgan fingerprint density at radius 3 is 2.60 bits per heavy atom. The maximum absolute atomic E-state index is 13.0. The lowest BCUT2D eigenvalue weighted by Gasteiger charge is -2.40. The number of carbonyl (C=O) groups is 2. The molecular formula is C33H33ClN6O2S. The third kappa shape index (κ3) is 6.38. The number of fused-ring (bicyclic) bond motifs is 3. The number of carbonyl (C=O) groups excluding carboxylic acids is 2. The maximum Gasteiger partial charge on any atom is 0.254 e. The maximum atomic E-state index is 13.0. The molecule has 3 heterocycles. The minimum absolute atomic E-state index is 0.0313. The molecule has 2 amide bonds. The monoisotopic (exact) mass is 612 g/mol. The number of piperazine rings is 1. The summed E-state index contributed by atoms with van der Waals surface area (Å²) < 4.78 is 2.21. The number of benzene rings is 3. The predicted molar refractivity (Wildman–Crippen MR) is 172 cm³/mol. The fourth-order valence-electron chi connectivity index (χ4n) is 5.69. The number of halogens is 1. The molecule has 0 unspecified atom stereocenters. The minimum atomic E-state index is -0.0620. The second kappa shape index (κ2) is 12.7. The second-order valence-electron chi connectivity index (χ2n) is 11.0. The molecule has 1 aliphatic rings. The average Bonchev–Trinajstić information content (AvgIpc) is 3.32. The average molecular weight is 613 g/mol. The summed E-state index contributed by atoms with van der Waals surface area (Å²) in [5.41, 5.74) is 5.73. The minimum Gasteiger partial charge on any atom is -0.339 e. The molecule has 10 heteroatoms. The molecule has 43 heavy (non-hydrogen) atoms. The topological polar surface area (TPSA) is 84.2 Å². The lowest BCUT2D eigenvalue weighted by Crippen LogP contribution is -2.55. The van der Waals surface area contributed by atoms with Crippen LogP contribution in [-0.2, 0) is 11.3 Å². The van der Waals surface area contributed by atoms with Gasteiger partial charge < -0.3 is 14.4 Å². The van der Waals surface area contributed by atoms with Crippen molar-refractivity contribution >= 4 is 57.2 Å². The van der Waals surface area contributed by atoms with Gasteiger partial charge in [0, 0.05) is 60.4 Å². The molecule has 2 aromatic heterocycles. The Labute approximate surface area is 260 Å².